The second-order valence-corrected chi connectivity index (χ2v) is 6.50. The Hall–Kier alpha value is 0.1000. The molecule has 2 heterocycles. The Kier molecular flexibility index (Phi) is 3.34. The first-order chi connectivity index (χ1) is 7.86. The van der Waals surface area contributed by atoms with Gasteiger partial charge in [-0.2, -0.15) is 0 Å². The Morgan fingerprint density at radius 2 is 2.12 bits per heavy atom. The molecule has 1 aliphatic heterocycles. The molecule has 0 bridgehead atoms. The SMILES string of the molecule is Brc1ccsc1[C@H](C1CC1)N1CCNCC1. The zero-order chi connectivity index (χ0) is 11.0. The van der Waals surface area contributed by atoms with Crippen LogP contribution in [0.2, 0.25) is 0 Å². The third-order valence-electron chi connectivity index (χ3n) is 3.53. The second-order valence-electron chi connectivity index (χ2n) is 4.70. The predicted octanol–water partition coefficient (Wildman–Crippen LogP) is 2.87. The molecule has 1 aromatic heterocycles. The van der Waals surface area contributed by atoms with E-state index in [-0.39, 0.29) is 0 Å². The van der Waals surface area contributed by atoms with Gasteiger partial charge < -0.3 is 5.32 Å². The summed E-state index contributed by atoms with van der Waals surface area (Å²) in [7, 11) is 0. The van der Waals surface area contributed by atoms with Crippen molar-refractivity contribution in [2.24, 2.45) is 5.92 Å². The van der Waals surface area contributed by atoms with E-state index in [0.29, 0.717) is 6.04 Å². The molecule has 1 atom stereocenters. The fraction of sp³-hybridized carbons (Fsp3) is 0.667. The number of rotatable bonds is 3. The highest BCUT2D eigenvalue weighted by molar-refractivity contribution is 9.10. The summed E-state index contributed by atoms with van der Waals surface area (Å²) in [6, 6.07) is 2.87. The van der Waals surface area contributed by atoms with E-state index in [1.165, 1.54) is 30.4 Å². The number of piperazine rings is 1. The molecule has 0 spiro atoms. The molecular formula is C12H17BrN2S. The molecule has 0 amide bonds. The van der Waals surface area contributed by atoms with Crippen molar-refractivity contribution in [2.45, 2.75) is 18.9 Å². The van der Waals surface area contributed by atoms with Gasteiger partial charge in [0.2, 0.25) is 0 Å². The van der Waals surface area contributed by atoms with Crippen LogP contribution >= 0.6 is 27.3 Å². The summed E-state index contributed by atoms with van der Waals surface area (Å²) in [5.74, 6) is 0.910. The predicted molar refractivity (Wildman–Crippen MR) is 71.9 cm³/mol. The molecular weight excluding hydrogens is 284 g/mol. The summed E-state index contributed by atoms with van der Waals surface area (Å²) in [5, 5.41) is 5.64. The Morgan fingerprint density at radius 1 is 1.38 bits per heavy atom. The van der Waals surface area contributed by atoms with Crippen LogP contribution in [-0.4, -0.2) is 31.1 Å². The summed E-state index contributed by atoms with van der Waals surface area (Å²) >= 11 is 5.61. The van der Waals surface area contributed by atoms with Gasteiger partial charge in [0.05, 0.1) is 0 Å². The summed E-state index contributed by atoms with van der Waals surface area (Å²) in [6.45, 7) is 4.69. The van der Waals surface area contributed by atoms with Crippen LogP contribution < -0.4 is 5.32 Å². The maximum atomic E-state index is 3.70. The lowest BCUT2D eigenvalue weighted by molar-refractivity contribution is 0.158. The first kappa shape index (κ1) is 11.2. The monoisotopic (exact) mass is 300 g/mol. The molecule has 1 aliphatic carbocycles. The normalized spacial score (nSPS) is 24.6. The summed E-state index contributed by atoms with van der Waals surface area (Å²) in [6.07, 6.45) is 2.83. The Morgan fingerprint density at radius 3 is 2.69 bits per heavy atom. The number of hydrogen-bond acceptors (Lipinski definition) is 3. The first-order valence-corrected chi connectivity index (χ1v) is 7.71. The van der Waals surface area contributed by atoms with Crippen molar-refractivity contribution in [1.29, 1.82) is 0 Å². The highest BCUT2D eigenvalue weighted by atomic mass is 79.9. The van der Waals surface area contributed by atoms with Crippen LogP contribution in [-0.2, 0) is 0 Å². The van der Waals surface area contributed by atoms with Crippen LogP contribution in [0.15, 0.2) is 15.9 Å². The van der Waals surface area contributed by atoms with Gasteiger partial charge in [0.15, 0.2) is 0 Å². The van der Waals surface area contributed by atoms with E-state index in [4.69, 9.17) is 0 Å². The lowest BCUT2D eigenvalue weighted by atomic mass is 10.1. The minimum absolute atomic E-state index is 0.677. The van der Waals surface area contributed by atoms with Gasteiger partial charge in [0.1, 0.15) is 0 Å². The number of halogens is 1. The van der Waals surface area contributed by atoms with E-state index in [2.05, 4.69) is 37.6 Å². The maximum Gasteiger partial charge on any atom is 0.0482 e. The van der Waals surface area contributed by atoms with Crippen LogP contribution in [0.3, 0.4) is 0 Å². The van der Waals surface area contributed by atoms with Crippen molar-refractivity contribution in [3.8, 4) is 0 Å². The topological polar surface area (TPSA) is 15.3 Å². The number of hydrogen-bond donors (Lipinski definition) is 1. The van der Waals surface area contributed by atoms with Crippen LogP contribution in [0, 0.1) is 5.92 Å². The lowest BCUT2D eigenvalue weighted by Gasteiger charge is -2.35. The minimum Gasteiger partial charge on any atom is -0.314 e. The number of nitrogens with one attached hydrogen (secondary N) is 1. The fourth-order valence-electron chi connectivity index (χ4n) is 2.57. The second kappa shape index (κ2) is 4.77. The van der Waals surface area contributed by atoms with Gasteiger partial charge >= 0.3 is 0 Å². The molecule has 1 N–H and O–H groups in total. The molecule has 0 radical (unpaired) electrons. The average molecular weight is 301 g/mol. The molecule has 0 unspecified atom stereocenters. The van der Waals surface area contributed by atoms with Gasteiger partial charge in [0.25, 0.3) is 0 Å². The quantitative estimate of drug-likeness (QED) is 0.923. The van der Waals surface area contributed by atoms with Gasteiger partial charge in [-0.15, -0.1) is 11.3 Å². The molecule has 2 fully saturated rings. The van der Waals surface area contributed by atoms with Crippen molar-refractivity contribution in [3.05, 3.63) is 20.8 Å². The maximum absolute atomic E-state index is 3.70. The zero-order valence-corrected chi connectivity index (χ0v) is 11.7. The van der Waals surface area contributed by atoms with E-state index >= 15 is 0 Å². The van der Waals surface area contributed by atoms with E-state index in [0.717, 1.165) is 19.0 Å². The van der Waals surface area contributed by atoms with Gasteiger partial charge in [-0.1, -0.05) is 0 Å². The zero-order valence-electron chi connectivity index (χ0n) is 9.29. The molecule has 4 heteroatoms. The smallest absolute Gasteiger partial charge is 0.0482 e. The molecule has 1 saturated heterocycles. The minimum atomic E-state index is 0.677. The van der Waals surface area contributed by atoms with Crippen molar-refractivity contribution >= 4 is 27.3 Å². The van der Waals surface area contributed by atoms with Gasteiger partial charge in [-0.05, 0) is 46.1 Å². The fourth-order valence-corrected chi connectivity index (χ4v) is 4.40. The Balaban J connectivity index is 1.83. The summed E-state index contributed by atoms with van der Waals surface area (Å²) in [4.78, 5) is 4.22. The summed E-state index contributed by atoms with van der Waals surface area (Å²) < 4.78 is 1.31. The Labute approximate surface area is 109 Å². The van der Waals surface area contributed by atoms with Gasteiger partial charge in [-0.3, -0.25) is 4.90 Å². The highest BCUT2D eigenvalue weighted by Gasteiger charge is 2.38. The van der Waals surface area contributed by atoms with Crippen molar-refractivity contribution in [3.63, 3.8) is 0 Å². The molecule has 1 aromatic rings. The van der Waals surface area contributed by atoms with Crippen molar-refractivity contribution in [2.75, 3.05) is 26.2 Å². The lowest BCUT2D eigenvalue weighted by Crippen LogP contribution is -2.45. The van der Waals surface area contributed by atoms with E-state index < -0.39 is 0 Å². The van der Waals surface area contributed by atoms with Crippen LogP contribution in [0.4, 0.5) is 0 Å². The molecule has 1 saturated carbocycles. The number of thiophene rings is 1. The van der Waals surface area contributed by atoms with Gasteiger partial charge in [0, 0.05) is 41.6 Å². The highest BCUT2D eigenvalue weighted by Crippen LogP contribution is 2.48. The Bertz CT molecular complexity index is 356. The van der Waals surface area contributed by atoms with Crippen LogP contribution in [0.5, 0.6) is 0 Å². The molecule has 2 aliphatic rings. The van der Waals surface area contributed by atoms with E-state index in [1.54, 1.807) is 4.88 Å². The van der Waals surface area contributed by atoms with E-state index in [9.17, 15) is 0 Å². The van der Waals surface area contributed by atoms with Gasteiger partial charge in [-0.25, -0.2) is 0 Å². The average Bonchev–Trinajstić information content (AvgIpc) is 3.05. The van der Waals surface area contributed by atoms with Crippen LogP contribution in [0.1, 0.15) is 23.8 Å². The van der Waals surface area contributed by atoms with Crippen LogP contribution in [0.25, 0.3) is 0 Å². The molecule has 0 aromatic carbocycles. The standard InChI is InChI=1S/C12H17BrN2S/c13-10-3-8-16-12(10)11(9-1-2-9)15-6-4-14-5-7-15/h3,8-9,11,14H,1-2,4-7H2/t11-/m0/s1. The molecule has 16 heavy (non-hydrogen) atoms. The van der Waals surface area contributed by atoms with E-state index in [1.807, 2.05) is 11.3 Å². The summed E-state index contributed by atoms with van der Waals surface area (Å²) in [5.41, 5.74) is 0. The first-order valence-electron chi connectivity index (χ1n) is 6.04. The van der Waals surface area contributed by atoms with Crippen molar-refractivity contribution in [1.82, 2.24) is 10.2 Å². The van der Waals surface area contributed by atoms with Crippen molar-refractivity contribution < 1.29 is 0 Å². The number of nitrogens with zero attached hydrogens (tertiary/aromatic N) is 1. The molecule has 88 valence electrons. The molecule has 2 nitrogen and oxygen atoms in total. The third kappa shape index (κ3) is 2.21. The largest absolute Gasteiger partial charge is 0.314 e. The third-order valence-corrected chi connectivity index (χ3v) is 5.47. The molecule has 3 rings (SSSR count).